The molecule has 2 aromatic carbocycles. The van der Waals surface area contributed by atoms with Gasteiger partial charge in [-0.2, -0.15) is 0 Å². The molecule has 0 bridgehead atoms. The molecular weight excluding hydrogens is 324 g/mol. The van der Waals surface area contributed by atoms with Crippen LogP contribution in [0.5, 0.6) is 0 Å². The van der Waals surface area contributed by atoms with Gasteiger partial charge in [-0.15, -0.1) is 0 Å². The highest BCUT2D eigenvalue weighted by molar-refractivity contribution is 5.95. The monoisotopic (exact) mass is 350 g/mol. The van der Waals surface area contributed by atoms with Gasteiger partial charge in [-0.3, -0.25) is 9.79 Å². The molecule has 5 heteroatoms. The second kappa shape index (κ2) is 8.52. The Morgan fingerprint density at radius 3 is 2.50 bits per heavy atom. The average Bonchev–Trinajstić information content (AvgIpc) is 3.12. The lowest BCUT2D eigenvalue weighted by atomic mass is 10.1. The Morgan fingerprint density at radius 1 is 1.15 bits per heavy atom. The average molecular weight is 350 g/mol. The number of nitrogens with zero attached hydrogens (tertiary/aromatic N) is 2. The molecule has 1 atom stereocenters. The lowest BCUT2D eigenvalue weighted by Gasteiger charge is -2.19. The molecule has 2 N–H and O–H groups in total. The van der Waals surface area contributed by atoms with Gasteiger partial charge >= 0.3 is 0 Å². The minimum absolute atomic E-state index is 0.172. The molecule has 1 fully saturated rings. The number of amides is 1. The van der Waals surface area contributed by atoms with Crippen LogP contribution in [0.1, 0.15) is 36.9 Å². The summed E-state index contributed by atoms with van der Waals surface area (Å²) >= 11 is 0. The van der Waals surface area contributed by atoms with Crippen molar-refractivity contribution in [2.24, 2.45) is 4.99 Å². The smallest absolute Gasteiger partial charge is 0.227 e. The zero-order valence-corrected chi connectivity index (χ0v) is 15.4. The fraction of sp³-hybridized carbons (Fsp3) is 0.333. The van der Waals surface area contributed by atoms with E-state index in [9.17, 15) is 4.79 Å². The Balaban J connectivity index is 1.54. The van der Waals surface area contributed by atoms with Crippen LogP contribution in [0.4, 0.5) is 5.69 Å². The minimum atomic E-state index is 0.172. The fourth-order valence-electron chi connectivity index (χ4n) is 3.13. The number of carbonyl (C=O) groups excluding carboxylic acids is 1. The van der Waals surface area contributed by atoms with Crippen molar-refractivity contribution >= 4 is 17.6 Å². The van der Waals surface area contributed by atoms with E-state index in [4.69, 9.17) is 0 Å². The van der Waals surface area contributed by atoms with Gasteiger partial charge in [-0.05, 0) is 36.6 Å². The SMILES string of the molecule is CN=C(NCc1ccc(N2CCCC2=O)cc1)NC(C)c1ccccc1. The lowest BCUT2D eigenvalue weighted by Crippen LogP contribution is -2.38. The van der Waals surface area contributed by atoms with Gasteiger partial charge in [0.15, 0.2) is 5.96 Å². The van der Waals surface area contributed by atoms with E-state index in [-0.39, 0.29) is 11.9 Å². The van der Waals surface area contributed by atoms with E-state index < -0.39 is 0 Å². The highest BCUT2D eigenvalue weighted by atomic mass is 16.2. The van der Waals surface area contributed by atoms with Gasteiger partial charge in [0.25, 0.3) is 0 Å². The third kappa shape index (κ3) is 4.42. The molecule has 0 aliphatic carbocycles. The minimum Gasteiger partial charge on any atom is -0.352 e. The zero-order chi connectivity index (χ0) is 18.4. The van der Waals surface area contributed by atoms with Gasteiger partial charge in [0, 0.05) is 32.2 Å². The van der Waals surface area contributed by atoms with Crippen LogP contribution in [-0.4, -0.2) is 25.5 Å². The standard InChI is InChI=1S/C21H26N4O/c1-16(18-7-4-3-5-8-18)24-21(22-2)23-15-17-10-12-19(13-11-17)25-14-6-9-20(25)26/h3-5,7-8,10-13,16H,6,9,14-15H2,1-2H3,(H2,22,23,24). The molecule has 1 saturated heterocycles. The van der Waals surface area contributed by atoms with Crippen LogP contribution in [0.3, 0.4) is 0 Å². The summed E-state index contributed by atoms with van der Waals surface area (Å²) in [6.07, 6.45) is 1.61. The van der Waals surface area contributed by atoms with Crippen LogP contribution in [0.2, 0.25) is 0 Å². The lowest BCUT2D eigenvalue weighted by molar-refractivity contribution is -0.117. The van der Waals surface area contributed by atoms with Crippen molar-refractivity contribution in [1.29, 1.82) is 0 Å². The number of rotatable bonds is 5. The van der Waals surface area contributed by atoms with E-state index >= 15 is 0 Å². The Morgan fingerprint density at radius 2 is 1.88 bits per heavy atom. The molecule has 3 rings (SSSR count). The van der Waals surface area contributed by atoms with Crippen molar-refractivity contribution in [2.75, 3.05) is 18.5 Å². The van der Waals surface area contributed by atoms with E-state index in [0.29, 0.717) is 13.0 Å². The summed E-state index contributed by atoms with van der Waals surface area (Å²) < 4.78 is 0. The quantitative estimate of drug-likeness (QED) is 0.643. The first-order chi connectivity index (χ1) is 12.7. The van der Waals surface area contributed by atoms with Crippen molar-refractivity contribution in [1.82, 2.24) is 10.6 Å². The normalized spacial score (nSPS) is 15.8. The van der Waals surface area contributed by atoms with Crippen molar-refractivity contribution in [3.63, 3.8) is 0 Å². The van der Waals surface area contributed by atoms with Crippen molar-refractivity contribution in [3.8, 4) is 0 Å². The first kappa shape index (κ1) is 18.0. The molecule has 1 heterocycles. The molecule has 1 aliphatic rings. The fourth-order valence-corrected chi connectivity index (χ4v) is 3.13. The van der Waals surface area contributed by atoms with Crippen LogP contribution in [0.15, 0.2) is 59.6 Å². The van der Waals surface area contributed by atoms with Crippen molar-refractivity contribution < 1.29 is 4.79 Å². The summed E-state index contributed by atoms with van der Waals surface area (Å²) in [5, 5.41) is 6.74. The van der Waals surface area contributed by atoms with E-state index in [0.717, 1.165) is 30.2 Å². The molecule has 0 aromatic heterocycles. The maximum absolute atomic E-state index is 11.8. The Bertz CT molecular complexity index is 755. The van der Waals surface area contributed by atoms with Crippen molar-refractivity contribution in [3.05, 3.63) is 65.7 Å². The first-order valence-electron chi connectivity index (χ1n) is 9.09. The molecule has 1 amide bonds. The van der Waals surface area contributed by atoms with Gasteiger partial charge in [-0.25, -0.2) is 0 Å². The Kier molecular flexibility index (Phi) is 5.89. The van der Waals surface area contributed by atoms with Gasteiger partial charge in [0.05, 0.1) is 6.04 Å². The molecule has 26 heavy (non-hydrogen) atoms. The van der Waals surface area contributed by atoms with Crippen LogP contribution in [0, 0.1) is 0 Å². The second-order valence-electron chi connectivity index (χ2n) is 6.52. The number of guanidine groups is 1. The molecular formula is C21H26N4O. The Hall–Kier alpha value is -2.82. The summed E-state index contributed by atoms with van der Waals surface area (Å²) in [6, 6.07) is 18.6. The summed E-state index contributed by atoms with van der Waals surface area (Å²) in [4.78, 5) is 18.0. The first-order valence-corrected chi connectivity index (χ1v) is 9.09. The predicted molar refractivity (Wildman–Crippen MR) is 106 cm³/mol. The van der Waals surface area contributed by atoms with E-state index in [1.807, 2.05) is 35.2 Å². The molecule has 0 saturated carbocycles. The largest absolute Gasteiger partial charge is 0.352 e. The summed E-state index contributed by atoms with van der Waals surface area (Å²) in [5.41, 5.74) is 3.35. The molecule has 1 aliphatic heterocycles. The number of hydrogen-bond donors (Lipinski definition) is 2. The molecule has 1 unspecified atom stereocenters. The maximum atomic E-state index is 11.8. The van der Waals surface area contributed by atoms with Crippen LogP contribution < -0.4 is 15.5 Å². The van der Waals surface area contributed by atoms with E-state index in [2.05, 4.69) is 46.8 Å². The molecule has 0 radical (unpaired) electrons. The van der Waals surface area contributed by atoms with E-state index in [1.165, 1.54) is 5.56 Å². The van der Waals surface area contributed by atoms with Crippen molar-refractivity contribution in [2.45, 2.75) is 32.4 Å². The summed E-state index contributed by atoms with van der Waals surface area (Å²) in [5.74, 6) is 0.982. The highest BCUT2D eigenvalue weighted by Crippen LogP contribution is 2.21. The third-order valence-electron chi connectivity index (χ3n) is 4.66. The van der Waals surface area contributed by atoms with Gasteiger partial charge < -0.3 is 15.5 Å². The number of aliphatic imine (C=N–C) groups is 1. The predicted octanol–water partition coefficient (Wildman–Crippen LogP) is 3.24. The summed E-state index contributed by atoms with van der Waals surface area (Å²) in [7, 11) is 1.77. The number of carbonyl (C=O) groups is 1. The maximum Gasteiger partial charge on any atom is 0.227 e. The number of hydrogen-bond acceptors (Lipinski definition) is 2. The number of benzene rings is 2. The number of anilines is 1. The van der Waals surface area contributed by atoms with Crippen LogP contribution in [0.25, 0.3) is 0 Å². The molecule has 0 spiro atoms. The third-order valence-corrected chi connectivity index (χ3v) is 4.66. The van der Waals surface area contributed by atoms with Gasteiger partial charge in [-0.1, -0.05) is 42.5 Å². The molecule has 136 valence electrons. The second-order valence-corrected chi connectivity index (χ2v) is 6.52. The van der Waals surface area contributed by atoms with Gasteiger partial charge in [0.1, 0.15) is 0 Å². The highest BCUT2D eigenvalue weighted by Gasteiger charge is 2.21. The topological polar surface area (TPSA) is 56.7 Å². The van der Waals surface area contributed by atoms with Crippen LogP contribution >= 0.6 is 0 Å². The Labute approximate surface area is 155 Å². The number of nitrogens with one attached hydrogen (secondary N) is 2. The molecule has 5 nitrogen and oxygen atoms in total. The zero-order valence-electron chi connectivity index (χ0n) is 15.4. The van der Waals surface area contributed by atoms with Gasteiger partial charge in [0.2, 0.25) is 5.91 Å². The van der Waals surface area contributed by atoms with Crippen LogP contribution in [-0.2, 0) is 11.3 Å². The van der Waals surface area contributed by atoms with E-state index in [1.54, 1.807) is 7.05 Å². The molecule has 2 aromatic rings. The summed E-state index contributed by atoms with van der Waals surface area (Å²) in [6.45, 7) is 3.61.